The number of amidine groups is 1. The molecule has 0 aliphatic carbocycles. The number of aromatic nitrogens is 3. The number of pyridine rings is 2. The monoisotopic (exact) mass is 485 g/mol. The van der Waals surface area contributed by atoms with Gasteiger partial charge in [0.1, 0.15) is 21.9 Å². The lowest BCUT2D eigenvalue weighted by molar-refractivity contribution is 0.477. The number of aromatic hydroxyl groups is 1. The number of benzene rings is 2. The number of fused-ring (bicyclic) bond motifs is 3. The summed E-state index contributed by atoms with van der Waals surface area (Å²) < 4.78 is 30.9. The standard InChI is InChI=1S/C25H19N5O4S/c31-22-17-7-5-12-26-24(17)30(13-11-15-14-27-18-8-2-1-6-16(15)18)25(32)21(22)23-28-19-9-3-4-10-20(19)35(33,34)29-23/h1-10,12,14,27,31H,11,13H2,(H,28,29). The van der Waals surface area contributed by atoms with Gasteiger partial charge in [0.05, 0.1) is 11.1 Å². The highest BCUT2D eigenvalue weighted by molar-refractivity contribution is 7.90. The van der Waals surface area contributed by atoms with Crippen molar-refractivity contribution in [2.45, 2.75) is 17.9 Å². The van der Waals surface area contributed by atoms with Gasteiger partial charge in [-0.2, -0.15) is 8.42 Å². The molecule has 6 rings (SSSR count). The smallest absolute Gasteiger partial charge is 0.286 e. The summed E-state index contributed by atoms with van der Waals surface area (Å²) in [6.07, 6.45) is 3.96. The van der Waals surface area contributed by atoms with Crippen molar-refractivity contribution in [1.82, 2.24) is 14.5 Å². The maximum atomic E-state index is 13.7. The van der Waals surface area contributed by atoms with Crippen molar-refractivity contribution in [2.24, 2.45) is 4.40 Å². The average Bonchev–Trinajstić information content (AvgIpc) is 3.27. The maximum Gasteiger partial charge on any atom is 0.286 e. The summed E-state index contributed by atoms with van der Waals surface area (Å²) in [7, 11) is -4.06. The zero-order valence-electron chi connectivity index (χ0n) is 18.3. The Bertz CT molecular complexity index is 1840. The molecule has 0 unspecified atom stereocenters. The van der Waals surface area contributed by atoms with E-state index in [1.165, 1.54) is 10.6 Å². The summed E-state index contributed by atoms with van der Waals surface area (Å²) in [5, 5.41) is 15.3. The van der Waals surface area contributed by atoms with Crippen LogP contribution in [-0.2, 0) is 23.0 Å². The highest BCUT2D eigenvalue weighted by Crippen LogP contribution is 2.31. The molecule has 0 amide bonds. The van der Waals surface area contributed by atoms with Crippen molar-refractivity contribution in [1.29, 1.82) is 0 Å². The number of aromatic amines is 1. The van der Waals surface area contributed by atoms with Gasteiger partial charge < -0.3 is 15.4 Å². The predicted molar refractivity (Wildman–Crippen MR) is 133 cm³/mol. The van der Waals surface area contributed by atoms with Gasteiger partial charge >= 0.3 is 0 Å². The molecule has 9 nitrogen and oxygen atoms in total. The first-order valence-corrected chi connectivity index (χ1v) is 12.3. The van der Waals surface area contributed by atoms with E-state index in [4.69, 9.17) is 0 Å². The van der Waals surface area contributed by atoms with Gasteiger partial charge in [0, 0.05) is 29.8 Å². The molecular formula is C25H19N5O4S. The summed E-state index contributed by atoms with van der Waals surface area (Å²) in [4.78, 5) is 21.3. The van der Waals surface area contributed by atoms with Crippen molar-refractivity contribution in [3.63, 3.8) is 0 Å². The third-order valence-corrected chi connectivity index (χ3v) is 7.47. The van der Waals surface area contributed by atoms with Crippen LogP contribution in [0.2, 0.25) is 0 Å². The second kappa shape index (κ2) is 7.81. The van der Waals surface area contributed by atoms with Gasteiger partial charge in [-0.3, -0.25) is 9.36 Å². The highest BCUT2D eigenvalue weighted by atomic mass is 32.2. The quantitative estimate of drug-likeness (QED) is 0.358. The van der Waals surface area contributed by atoms with Crippen LogP contribution >= 0.6 is 0 Å². The zero-order valence-corrected chi connectivity index (χ0v) is 19.1. The van der Waals surface area contributed by atoms with Gasteiger partial charge in [0.15, 0.2) is 5.84 Å². The van der Waals surface area contributed by atoms with Gasteiger partial charge in [-0.15, -0.1) is 4.40 Å². The summed E-state index contributed by atoms with van der Waals surface area (Å²) >= 11 is 0. The molecule has 10 heteroatoms. The van der Waals surface area contributed by atoms with E-state index < -0.39 is 15.6 Å². The van der Waals surface area contributed by atoms with Crippen LogP contribution < -0.4 is 10.9 Å². The van der Waals surface area contributed by atoms with E-state index in [0.29, 0.717) is 17.5 Å². The fraction of sp³-hybridized carbons (Fsp3) is 0.0800. The molecule has 2 aromatic carbocycles. The summed E-state index contributed by atoms with van der Waals surface area (Å²) in [6, 6.07) is 17.4. The summed E-state index contributed by atoms with van der Waals surface area (Å²) in [6.45, 7) is 0.262. The zero-order chi connectivity index (χ0) is 24.2. The first-order valence-electron chi connectivity index (χ1n) is 10.9. The lowest BCUT2D eigenvalue weighted by Crippen LogP contribution is -2.33. The van der Waals surface area contributed by atoms with Crippen molar-refractivity contribution >= 4 is 43.5 Å². The molecule has 0 spiro atoms. The van der Waals surface area contributed by atoms with E-state index >= 15 is 0 Å². The van der Waals surface area contributed by atoms with Crippen molar-refractivity contribution in [2.75, 3.05) is 5.32 Å². The molecule has 0 fully saturated rings. The van der Waals surface area contributed by atoms with Crippen LogP contribution in [-0.4, -0.2) is 33.9 Å². The van der Waals surface area contributed by atoms with Gasteiger partial charge in [-0.05, 0) is 42.3 Å². The minimum atomic E-state index is -4.06. The van der Waals surface area contributed by atoms with Crippen molar-refractivity contribution in [3.05, 3.63) is 94.5 Å². The average molecular weight is 486 g/mol. The lowest BCUT2D eigenvalue weighted by Gasteiger charge is -2.20. The number of sulfonamides is 1. The number of aryl methyl sites for hydroxylation is 2. The molecule has 0 bridgehead atoms. The van der Waals surface area contributed by atoms with E-state index in [9.17, 15) is 18.3 Å². The maximum absolute atomic E-state index is 13.7. The first-order chi connectivity index (χ1) is 16.9. The Labute approximate surface area is 199 Å². The van der Waals surface area contributed by atoms with Crippen LogP contribution in [0.25, 0.3) is 21.9 Å². The Morgan fingerprint density at radius 3 is 2.63 bits per heavy atom. The number of rotatable bonds is 4. The fourth-order valence-electron chi connectivity index (χ4n) is 4.48. The number of hydrogen-bond donors (Lipinski definition) is 3. The normalized spacial score (nSPS) is 14.5. The molecule has 3 N–H and O–H groups in total. The third kappa shape index (κ3) is 3.38. The van der Waals surface area contributed by atoms with Crippen molar-refractivity contribution < 1.29 is 13.5 Å². The number of nitrogens with zero attached hydrogens (tertiary/aromatic N) is 3. The Hall–Kier alpha value is -4.44. The second-order valence-electron chi connectivity index (χ2n) is 8.20. The number of para-hydroxylation sites is 2. The fourth-order valence-corrected chi connectivity index (χ4v) is 5.60. The van der Waals surface area contributed by atoms with Crippen LogP contribution in [0.1, 0.15) is 11.1 Å². The molecule has 0 saturated carbocycles. The van der Waals surface area contributed by atoms with Crippen LogP contribution in [0, 0.1) is 0 Å². The predicted octanol–water partition coefficient (Wildman–Crippen LogP) is 3.39. The van der Waals surface area contributed by atoms with Gasteiger partial charge in [0.2, 0.25) is 0 Å². The first kappa shape index (κ1) is 21.1. The molecule has 1 aliphatic rings. The number of nitrogens with one attached hydrogen (secondary N) is 2. The van der Waals surface area contributed by atoms with E-state index in [0.717, 1.165) is 16.5 Å². The van der Waals surface area contributed by atoms with E-state index in [-0.39, 0.29) is 34.3 Å². The second-order valence-corrected chi connectivity index (χ2v) is 9.77. The van der Waals surface area contributed by atoms with Crippen LogP contribution in [0.3, 0.4) is 0 Å². The SMILES string of the molecule is O=c1c(C2=NS(=O)(=O)c3ccccc3N2)c(O)c2cccnc2n1CCc1c[nH]c2ccccc12. The van der Waals surface area contributed by atoms with E-state index in [1.54, 1.807) is 36.5 Å². The molecule has 0 saturated heterocycles. The molecular weight excluding hydrogens is 466 g/mol. The lowest BCUT2D eigenvalue weighted by atomic mass is 10.1. The summed E-state index contributed by atoms with van der Waals surface area (Å²) in [5.41, 5.74) is 1.80. The largest absolute Gasteiger partial charge is 0.506 e. The molecule has 174 valence electrons. The minimum Gasteiger partial charge on any atom is -0.506 e. The molecule has 3 aromatic heterocycles. The van der Waals surface area contributed by atoms with Gasteiger partial charge in [-0.25, -0.2) is 4.98 Å². The Balaban J connectivity index is 1.51. The Morgan fingerprint density at radius 1 is 0.971 bits per heavy atom. The Morgan fingerprint density at radius 2 is 1.74 bits per heavy atom. The third-order valence-electron chi connectivity index (χ3n) is 6.14. The van der Waals surface area contributed by atoms with Crippen LogP contribution in [0.4, 0.5) is 5.69 Å². The number of H-pyrrole nitrogens is 1. The number of anilines is 1. The van der Waals surface area contributed by atoms with E-state index in [2.05, 4.69) is 19.7 Å². The van der Waals surface area contributed by atoms with Crippen molar-refractivity contribution in [3.8, 4) is 5.75 Å². The molecule has 4 heterocycles. The Kier molecular flexibility index (Phi) is 4.71. The van der Waals surface area contributed by atoms with Gasteiger partial charge in [0.25, 0.3) is 15.6 Å². The molecule has 0 radical (unpaired) electrons. The topological polar surface area (TPSA) is 129 Å². The summed E-state index contributed by atoms with van der Waals surface area (Å²) in [5.74, 6) is -0.597. The van der Waals surface area contributed by atoms with Gasteiger partial charge in [-0.1, -0.05) is 30.3 Å². The van der Waals surface area contributed by atoms with E-state index in [1.807, 2.05) is 30.5 Å². The van der Waals surface area contributed by atoms with Crippen LogP contribution in [0.15, 0.2) is 87.1 Å². The number of hydrogen-bond acceptors (Lipinski definition) is 6. The highest BCUT2D eigenvalue weighted by Gasteiger charge is 2.29. The molecule has 35 heavy (non-hydrogen) atoms. The molecule has 5 aromatic rings. The van der Waals surface area contributed by atoms with Crippen LogP contribution in [0.5, 0.6) is 5.75 Å². The minimum absolute atomic E-state index is 0.00496. The molecule has 1 aliphatic heterocycles. The molecule has 0 atom stereocenters.